The Morgan fingerprint density at radius 1 is 0.857 bits per heavy atom. The highest BCUT2D eigenvalue weighted by Crippen LogP contribution is 2.45. The molecule has 298 valence electrons. The van der Waals surface area contributed by atoms with E-state index in [4.69, 9.17) is 18.3 Å². The number of carboxylic acid groups (broad SMARTS) is 1. The van der Waals surface area contributed by atoms with Crippen molar-refractivity contribution < 1.29 is 54.6 Å². The number of carbonyl (C=O) groups is 1. The molecule has 0 bridgehead atoms. The molecule has 1 atom stereocenters. The monoisotopic (exact) mass is 866 g/mol. The van der Waals surface area contributed by atoms with E-state index in [1.165, 1.54) is 12.1 Å². The molecule has 3 aromatic carbocycles. The Bertz CT molecular complexity index is 2030. The maximum atomic E-state index is 15.3. The smallest absolute Gasteiger partial charge is 0.428 e. The number of nitrogens with zero attached hydrogens (tertiary/aromatic N) is 3. The maximum Gasteiger partial charge on any atom is 0.428 e. The molecule has 2 aromatic heterocycles. The predicted octanol–water partition coefficient (Wildman–Crippen LogP) is 8.96. The van der Waals surface area contributed by atoms with Crippen molar-refractivity contribution in [2.24, 2.45) is 0 Å². The van der Waals surface area contributed by atoms with Crippen molar-refractivity contribution in [3.8, 4) is 11.6 Å². The zero-order valence-electron chi connectivity index (χ0n) is 30.2. The summed E-state index contributed by atoms with van der Waals surface area (Å²) >= 11 is 2.68. The fraction of sp³-hybridized carbons (Fsp3) is 0.316. The van der Waals surface area contributed by atoms with E-state index in [2.05, 4.69) is 51.9 Å². The molecular weight excluding hydrogens is 830 g/mol. The van der Waals surface area contributed by atoms with Gasteiger partial charge in [-0.05, 0) is 49.4 Å². The van der Waals surface area contributed by atoms with Crippen molar-refractivity contribution in [1.29, 1.82) is 0 Å². The van der Waals surface area contributed by atoms with Gasteiger partial charge >= 0.3 is 18.4 Å². The minimum absolute atomic E-state index is 0.135. The number of anilines is 1. The van der Waals surface area contributed by atoms with Crippen LogP contribution < -0.4 is 15.7 Å². The van der Waals surface area contributed by atoms with Crippen molar-refractivity contribution in [2.75, 3.05) is 25.1 Å². The van der Waals surface area contributed by atoms with E-state index in [0.29, 0.717) is 11.6 Å². The average molecular weight is 868 g/mol. The van der Waals surface area contributed by atoms with E-state index < -0.39 is 78.9 Å². The van der Waals surface area contributed by atoms with Crippen molar-refractivity contribution in [3.63, 3.8) is 0 Å². The zero-order chi connectivity index (χ0) is 40.8. The number of nitrogens with one attached hydrogen (secondary N) is 1. The quantitative estimate of drug-likeness (QED) is 0.0459. The molecule has 56 heavy (non-hydrogen) atoms. The largest absolute Gasteiger partial charge is 0.465 e. The van der Waals surface area contributed by atoms with E-state index in [1.807, 2.05) is 60.7 Å². The van der Waals surface area contributed by atoms with Crippen LogP contribution in [0.1, 0.15) is 44.2 Å². The Morgan fingerprint density at radius 3 is 1.95 bits per heavy atom. The van der Waals surface area contributed by atoms with Gasteiger partial charge in [0.15, 0.2) is 5.69 Å². The molecule has 0 aliphatic rings. The number of hydrogen-bond donors (Lipinski definition) is 2. The molecule has 0 saturated heterocycles. The molecule has 0 radical (unpaired) electrons. The van der Waals surface area contributed by atoms with Crippen LogP contribution in [0.2, 0.25) is 5.04 Å². The number of ether oxygens (including phenoxy) is 2. The van der Waals surface area contributed by atoms with Crippen LogP contribution in [0, 0.1) is 0 Å². The summed E-state index contributed by atoms with van der Waals surface area (Å²) < 4.78 is 110. The van der Waals surface area contributed by atoms with Gasteiger partial charge in [-0.3, -0.25) is 5.32 Å². The van der Waals surface area contributed by atoms with E-state index in [0.717, 1.165) is 10.4 Å². The summed E-state index contributed by atoms with van der Waals surface area (Å²) in [5, 5.41) is 19.9. The Kier molecular flexibility index (Phi) is 13.1. The lowest BCUT2D eigenvalue weighted by atomic mass is 10.0. The van der Waals surface area contributed by atoms with Crippen LogP contribution in [0.4, 0.5) is 36.8 Å². The maximum absolute atomic E-state index is 15.3. The molecule has 0 saturated carbocycles. The molecule has 18 heteroatoms. The highest BCUT2D eigenvalue weighted by atomic mass is 79.9. The first-order valence-electron chi connectivity index (χ1n) is 17.1. The van der Waals surface area contributed by atoms with Gasteiger partial charge in [-0.15, -0.1) is 10.2 Å². The summed E-state index contributed by atoms with van der Waals surface area (Å²) in [5.41, 5.74) is -5.85. The third kappa shape index (κ3) is 9.32. The molecule has 10 nitrogen and oxygen atoms in total. The molecule has 2 heterocycles. The minimum atomic E-state index is -5.26. The number of benzene rings is 3. The van der Waals surface area contributed by atoms with Gasteiger partial charge in [-0.2, -0.15) is 26.3 Å². The highest BCUT2D eigenvalue weighted by molar-refractivity contribution is 9.10. The topological polar surface area (TPSA) is 129 Å². The molecule has 5 rings (SSSR count). The van der Waals surface area contributed by atoms with Gasteiger partial charge in [-0.1, -0.05) is 112 Å². The Balaban J connectivity index is 1.44. The fourth-order valence-electron chi connectivity index (χ4n) is 6.14. The normalized spacial score (nSPS) is 13.7. The predicted molar refractivity (Wildman–Crippen MR) is 200 cm³/mol. The number of hydrogen-bond acceptors (Lipinski definition) is 8. The standard InChI is InChI=1S/C38H37BrF6N4O6Si/c1-35(2,3)56(26-16-9-5-10-17-26,27-18-11-6-12-19-27)54-21-13-20-52-24-36(38(43,44)45,53-23-25-14-7-4-8-15-25)33-49-48-32(55-33)30-29(46-34(50)51)22-28(31(39)47-30)37(40,41)42/h4-12,14-19,22,46H,13,20-21,23-24H2,1-3H3,(H,50,51). The van der Waals surface area contributed by atoms with E-state index in [9.17, 15) is 23.1 Å². The van der Waals surface area contributed by atoms with Crippen LogP contribution in [0.15, 0.2) is 106 Å². The van der Waals surface area contributed by atoms with Gasteiger partial charge in [-0.25, -0.2) is 9.78 Å². The third-order valence-corrected chi connectivity index (χ3v) is 14.4. The van der Waals surface area contributed by atoms with E-state index >= 15 is 13.2 Å². The van der Waals surface area contributed by atoms with E-state index in [-0.39, 0.29) is 24.7 Å². The fourth-order valence-corrected chi connectivity index (χ4v) is 11.3. The summed E-state index contributed by atoms with van der Waals surface area (Å²) in [6.07, 6.45) is -11.8. The second kappa shape index (κ2) is 17.3. The molecule has 0 spiro atoms. The summed E-state index contributed by atoms with van der Waals surface area (Å²) in [6, 6.07) is 28.0. The first-order chi connectivity index (χ1) is 26.4. The number of rotatable bonds is 15. The highest BCUT2D eigenvalue weighted by Gasteiger charge is 2.62. The number of amides is 1. The number of pyridine rings is 1. The molecule has 2 N–H and O–H groups in total. The Morgan fingerprint density at radius 2 is 1.43 bits per heavy atom. The average Bonchev–Trinajstić information content (AvgIpc) is 3.63. The van der Waals surface area contributed by atoms with Crippen LogP contribution >= 0.6 is 15.9 Å². The lowest BCUT2D eigenvalue weighted by Gasteiger charge is -2.43. The second-order valence-corrected chi connectivity index (χ2v) is 18.6. The van der Waals surface area contributed by atoms with Crippen LogP contribution in [0.5, 0.6) is 0 Å². The molecule has 1 amide bonds. The summed E-state index contributed by atoms with van der Waals surface area (Å²) in [5.74, 6) is -1.98. The second-order valence-electron chi connectivity index (χ2n) is 13.6. The zero-order valence-corrected chi connectivity index (χ0v) is 32.8. The summed E-state index contributed by atoms with van der Waals surface area (Å²) in [4.78, 5) is 15.2. The number of aromatic nitrogens is 3. The Labute approximate surface area is 327 Å². The van der Waals surface area contributed by atoms with Crippen molar-refractivity contribution in [2.45, 2.75) is 56.8 Å². The van der Waals surface area contributed by atoms with Gasteiger partial charge in [0.1, 0.15) is 4.60 Å². The number of halogens is 7. The van der Waals surface area contributed by atoms with Gasteiger partial charge < -0.3 is 23.4 Å². The molecule has 0 fully saturated rings. The minimum Gasteiger partial charge on any atom is -0.465 e. The van der Waals surface area contributed by atoms with Crippen molar-refractivity contribution >= 4 is 46.4 Å². The van der Waals surface area contributed by atoms with Gasteiger partial charge in [0.05, 0.1) is 24.5 Å². The SMILES string of the molecule is CC(C)(C)[Si](OCCCOCC(OCc1ccccc1)(c1nnc(-c2nc(Br)c(C(F)(F)F)cc2NC(=O)O)o1)C(F)(F)F)(c1ccccc1)c1ccccc1. The van der Waals surface area contributed by atoms with E-state index in [1.54, 1.807) is 23.5 Å². The van der Waals surface area contributed by atoms with Gasteiger partial charge in [0, 0.05) is 13.2 Å². The van der Waals surface area contributed by atoms with Gasteiger partial charge in [0.25, 0.3) is 25.7 Å². The van der Waals surface area contributed by atoms with Crippen molar-refractivity contribution in [3.05, 3.63) is 119 Å². The van der Waals surface area contributed by atoms with Crippen molar-refractivity contribution in [1.82, 2.24) is 15.2 Å². The van der Waals surface area contributed by atoms with Crippen LogP contribution in [-0.4, -0.2) is 60.7 Å². The van der Waals surface area contributed by atoms with Crippen LogP contribution in [-0.2, 0) is 32.3 Å². The number of alkyl halides is 6. The molecular formula is C38H37BrF6N4O6Si. The van der Waals surface area contributed by atoms with Crippen LogP contribution in [0.25, 0.3) is 11.6 Å². The first-order valence-corrected chi connectivity index (χ1v) is 19.8. The van der Waals surface area contributed by atoms with Gasteiger partial charge in [0.2, 0.25) is 0 Å². The third-order valence-electron chi connectivity index (χ3n) is 8.76. The summed E-state index contributed by atoms with van der Waals surface area (Å²) in [7, 11) is -2.95. The molecule has 1 unspecified atom stereocenters. The molecule has 0 aliphatic heterocycles. The molecule has 5 aromatic rings. The lowest BCUT2D eigenvalue weighted by molar-refractivity contribution is -0.311. The molecule has 0 aliphatic carbocycles. The first kappa shape index (κ1) is 42.5. The lowest BCUT2D eigenvalue weighted by Crippen LogP contribution is -2.66. The van der Waals surface area contributed by atoms with Crippen LogP contribution in [0.3, 0.4) is 0 Å². The summed E-state index contributed by atoms with van der Waals surface area (Å²) in [6.45, 7) is 4.44. The Hall–Kier alpha value is -4.62.